The van der Waals surface area contributed by atoms with Crippen molar-refractivity contribution in [1.82, 2.24) is 0 Å². The van der Waals surface area contributed by atoms with Gasteiger partial charge in [-0.2, -0.15) is 13.2 Å². The lowest BCUT2D eigenvalue weighted by atomic mass is 10.2. The van der Waals surface area contributed by atoms with Crippen molar-refractivity contribution in [2.24, 2.45) is 0 Å². The van der Waals surface area contributed by atoms with E-state index in [4.69, 9.17) is 4.74 Å². The highest BCUT2D eigenvalue weighted by Gasteiger charge is 2.30. The van der Waals surface area contributed by atoms with Crippen LogP contribution in [0.3, 0.4) is 0 Å². The Morgan fingerprint density at radius 2 is 2.05 bits per heavy atom. The Bertz CT molecular complexity index is 425. The van der Waals surface area contributed by atoms with Crippen LogP contribution in [0.2, 0.25) is 0 Å². The monoisotopic (exact) mass is 291 g/mol. The maximum absolute atomic E-state index is 12.4. The smallest absolute Gasteiger partial charge is 0.382 e. The van der Waals surface area contributed by atoms with Crippen LogP contribution in [-0.4, -0.2) is 24.3 Å². The molecule has 1 aliphatic heterocycles. The van der Waals surface area contributed by atoms with E-state index >= 15 is 0 Å². The molecular weight excluding hydrogens is 275 g/mol. The number of alkyl halides is 3. The molecule has 1 fully saturated rings. The minimum atomic E-state index is -4.27. The van der Waals surface area contributed by atoms with E-state index in [0.29, 0.717) is 12.2 Å². The third kappa shape index (κ3) is 4.62. The number of hydrogen-bond acceptors (Lipinski definition) is 3. The molecule has 2 nitrogen and oxygen atoms in total. The van der Waals surface area contributed by atoms with E-state index in [9.17, 15) is 13.2 Å². The van der Waals surface area contributed by atoms with Crippen LogP contribution >= 0.6 is 11.8 Å². The van der Waals surface area contributed by atoms with Crippen LogP contribution in [0, 0.1) is 0 Å². The number of halogens is 3. The zero-order valence-electron chi connectivity index (χ0n) is 10.5. The molecule has 1 aromatic rings. The summed E-state index contributed by atoms with van der Waals surface area (Å²) in [5.74, 6) is 0. The van der Waals surface area contributed by atoms with Crippen molar-refractivity contribution in [2.75, 3.05) is 11.9 Å². The van der Waals surface area contributed by atoms with E-state index in [1.54, 1.807) is 18.2 Å². The van der Waals surface area contributed by atoms with E-state index in [1.807, 2.05) is 6.92 Å². The molecule has 0 aliphatic carbocycles. The molecule has 6 heteroatoms. The second kappa shape index (κ2) is 6.05. The zero-order chi connectivity index (χ0) is 13.9. The van der Waals surface area contributed by atoms with Crippen LogP contribution in [-0.2, 0) is 4.74 Å². The van der Waals surface area contributed by atoms with Crippen LogP contribution in [0.25, 0.3) is 0 Å². The summed E-state index contributed by atoms with van der Waals surface area (Å²) in [7, 11) is 0. The van der Waals surface area contributed by atoms with Gasteiger partial charge in [-0.25, -0.2) is 0 Å². The first-order valence-electron chi connectivity index (χ1n) is 6.18. The first kappa shape index (κ1) is 14.5. The SMILES string of the molecule is CC1CCC(CNc2ccccc2SC(F)(F)F)O1. The normalized spacial score (nSPS) is 23.6. The molecule has 2 atom stereocenters. The molecule has 0 bridgehead atoms. The van der Waals surface area contributed by atoms with Crippen molar-refractivity contribution >= 4 is 17.4 Å². The third-order valence-corrected chi connectivity index (χ3v) is 3.76. The number of ether oxygens (including phenoxy) is 1. The van der Waals surface area contributed by atoms with E-state index in [2.05, 4.69) is 5.32 Å². The van der Waals surface area contributed by atoms with Gasteiger partial charge in [0.25, 0.3) is 0 Å². The lowest BCUT2D eigenvalue weighted by molar-refractivity contribution is -0.0327. The summed E-state index contributed by atoms with van der Waals surface area (Å²) in [5.41, 5.74) is -3.76. The topological polar surface area (TPSA) is 21.3 Å². The van der Waals surface area contributed by atoms with Gasteiger partial charge >= 0.3 is 5.51 Å². The van der Waals surface area contributed by atoms with Gasteiger partial charge in [0.1, 0.15) is 0 Å². The van der Waals surface area contributed by atoms with Gasteiger partial charge in [0, 0.05) is 17.1 Å². The summed E-state index contributed by atoms with van der Waals surface area (Å²) in [5, 5.41) is 3.05. The van der Waals surface area contributed by atoms with Crippen molar-refractivity contribution in [3.05, 3.63) is 24.3 Å². The molecule has 1 aromatic carbocycles. The van der Waals surface area contributed by atoms with E-state index in [-0.39, 0.29) is 28.9 Å². The van der Waals surface area contributed by atoms with Crippen molar-refractivity contribution in [3.63, 3.8) is 0 Å². The Morgan fingerprint density at radius 1 is 1.32 bits per heavy atom. The summed E-state index contributed by atoms with van der Waals surface area (Å²) in [4.78, 5) is 0.195. The number of rotatable bonds is 4. The van der Waals surface area contributed by atoms with Gasteiger partial charge in [-0.1, -0.05) is 12.1 Å². The standard InChI is InChI=1S/C13H16F3NOS/c1-9-6-7-10(18-9)8-17-11-4-2-3-5-12(11)19-13(14,15)16/h2-5,9-10,17H,6-8H2,1H3. The maximum Gasteiger partial charge on any atom is 0.446 e. The summed E-state index contributed by atoms with van der Waals surface area (Å²) < 4.78 is 42.9. The van der Waals surface area contributed by atoms with Crippen LogP contribution in [0.4, 0.5) is 18.9 Å². The maximum atomic E-state index is 12.4. The van der Waals surface area contributed by atoms with Crippen molar-refractivity contribution in [3.8, 4) is 0 Å². The number of thioether (sulfide) groups is 1. The summed E-state index contributed by atoms with van der Waals surface area (Å²) in [6.45, 7) is 2.55. The van der Waals surface area contributed by atoms with Gasteiger partial charge in [-0.05, 0) is 43.7 Å². The Morgan fingerprint density at radius 3 is 2.68 bits per heavy atom. The van der Waals surface area contributed by atoms with Gasteiger partial charge in [0.2, 0.25) is 0 Å². The largest absolute Gasteiger partial charge is 0.446 e. The Hall–Kier alpha value is -0.880. The lowest BCUT2D eigenvalue weighted by Crippen LogP contribution is -2.20. The quantitative estimate of drug-likeness (QED) is 0.837. The molecule has 0 radical (unpaired) electrons. The number of anilines is 1. The van der Waals surface area contributed by atoms with Crippen molar-refractivity contribution < 1.29 is 17.9 Å². The molecule has 19 heavy (non-hydrogen) atoms. The van der Waals surface area contributed by atoms with Crippen LogP contribution in [0.15, 0.2) is 29.2 Å². The Labute approximate surface area is 114 Å². The lowest BCUT2D eigenvalue weighted by Gasteiger charge is -2.16. The second-order valence-electron chi connectivity index (χ2n) is 4.57. The zero-order valence-corrected chi connectivity index (χ0v) is 11.4. The molecule has 1 aliphatic rings. The third-order valence-electron chi connectivity index (χ3n) is 2.95. The van der Waals surface area contributed by atoms with Gasteiger partial charge in [-0.3, -0.25) is 0 Å². The Balaban J connectivity index is 1.96. The first-order chi connectivity index (χ1) is 8.94. The molecule has 0 spiro atoms. The average molecular weight is 291 g/mol. The minimum Gasteiger partial charge on any atom is -0.382 e. The fraction of sp³-hybridized carbons (Fsp3) is 0.538. The van der Waals surface area contributed by atoms with E-state index in [0.717, 1.165) is 12.8 Å². The predicted octanol–water partition coefficient (Wildman–Crippen LogP) is 4.28. The van der Waals surface area contributed by atoms with Crippen molar-refractivity contribution in [2.45, 2.75) is 42.4 Å². The first-order valence-corrected chi connectivity index (χ1v) is 7.00. The van der Waals surface area contributed by atoms with Crippen LogP contribution in [0.5, 0.6) is 0 Å². The van der Waals surface area contributed by atoms with Gasteiger partial charge in [0.15, 0.2) is 0 Å². The molecule has 1 N–H and O–H groups in total. The van der Waals surface area contributed by atoms with E-state index in [1.165, 1.54) is 6.07 Å². The minimum absolute atomic E-state index is 0.0824. The molecular formula is C13H16F3NOS. The summed E-state index contributed by atoms with van der Waals surface area (Å²) in [6, 6.07) is 6.46. The molecule has 0 saturated carbocycles. The molecule has 106 valence electrons. The fourth-order valence-electron chi connectivity index (χ4n) is 2.09. The highest BCUT2D eigenvalue weighted by Crippen LogP contribution is 2.40. The Kier molecular flexibility index (Phi) is 4.62. The molecule has 1 saturated heterocycles. The van der Waals surface area contributed by atoms with Gasteiger partial charge in [-0.15, -0.1) is 0 Å². The number of hydrogen-bond donors (Lipinski definition) is 1. The van der Waals surface area contributed by atoms with E-state index < -0.39 is 5.51 Å². The number of para-hydroxylation sites is 1. The molecule has 2 unspecified atom stereocenters. The van der Waals surface area contributed by atoms with Crippen molar-refractivity contribution in [1.29, 1.82) is 0 Å². The van der Waals surface area contributed by atoms with Gasteiger partial charge < -0.3 is 10.1 Å². The van der Waals surface area contributed by atoms with Gasteiger partial charge in [0.05, 0.1) is 12.2 Å². The highest BCUT2D eigenvalue weighted by molar-refractivity contribution is 8.00. The molecule has 0 aromatic heterocycles. The molecule has 0 amide bonds. The molecule has 2 rings (SSSR count). The second-order valence-corrected chi connectivity index (χ2v) is 5.68. The number of benzene rings is 1. The predicted molar refractivity (Wildman–Crippen MR) is 70.4 cm³/mol. The highest BCUT2D eigenvalue weighted by atomic mass is 32.2. The average Bonchev–Trinajstić information content (AvgIpc) is 2.72. The van der Waals surface area contributed by atoms with Crippen LogP contribution in [0.1, 0.15) is 19.8 Å². The fourth-order valence-corrected chi connectivity index (χ4v) is 2.73. The number of nitrogens with one attached hydrogen (secondary N) is 1. The summed E-state index contributed by atoms with van der Waals surface area (Å²) in [6.07, 6.45) is 2.28. The molecule has 1 heterocycles. The summed E-state index contributed by atoms with van der Waals surface area (Å²) >= 11 is -0.0929. The van der Waals surface area contributed by atoms with Crippen LogP contribution < -0.4 is 5.32 Å².